The number of nitrogens with zero attached hydrogens (tertiary/aromatic N) is 1. The molecule has 0 heterocycles. The summed E-state index contributed by atoms with van der Waals surface area (Å²) in [6.45, 7) is 2.06. The molecule has 0 fully saturated rings. The predicted molar refractivity (Wildman–Crippen MR) is 48.4 cm³/mol. The van der Waals surface area contributed by atoms with Crippen molar-refractivity contribution >= 4 is 11.9 Å². The van der Waals surface area contributed by atoms with Crippen molar-refractivity contribution in [3.8, 4) is 0 Å². The quantitative estimate of drug-likeness (QED) is 0.612. The van der Waals surface area contributed by atoms with Gasteiger partial charge in [0.25, 0.3) is 0 Å². The van der Waals surface area contributed by atoms with Crippen molar-refractivity contribution in [3.63, 3.8) is 0 Å². The summed E-state index contributed by atoms with van der Waals surface area (Å²) in [4.78, 5) is 23.3. The molecular weight excluding hydrogens is 172 g/mol. The predicted octanol–water partition coefficient (Wildman–Crippen LogP) is -0.473. The Morgan fingerprint density at radius 2 is 2.00 bits per heavy atom. The summed E-state index contributed by atoms with van der Waals surface area (Å²) >= 11 is 0. The number of aliphatic carboxylic acids is 1. The third-order valence-corrected chi connectivity index (χ3v) is 1.53. The fourth-order valence-electron chi connectivity index (χ4n) is 0.701. The van der Waals surface area contributed by atoms with Gasteiger partial charge in [-0.1, -0.05) is 0 Å². The van der Waals surface area contributed by atoms with Gasteiger partial charge in [-0.2, -0.15) is 0 Å². The number of hydrogen-bond acceptors (Lipinski definition) is 3. The van der Waals surface area contributed by atoms with E-state index in [1.807, 2.05) is 19.0 Å². The summed E-state index contributed by atoms with van der Waals surface area (Å²) in [6.07, 6.45) is 0.324. The monoisotopic (exact) mass is 188 g/mol. The summed E-state index contributed by atoms with van der Waals surface area (Å²) < 4.78 is 0. The Hall–Kier alpha value is -1.10. The van der Waals surface area contributed by atoms with E-state index >= 15 is 0 Å². The van der Waals surface area contributed by atoms with Crippen LogP contribution in [0, 0.1) is 0 Å². The number of hydrogen-bond donors (Lipinski definition) is 2. The second-order valence-corrected chi connectivity index (χ2v) is 3.18. The second kappa shape index (κ2) is 5.53. The molecule has 76 valence electrons. The minimum Gasteiger partial charge on any atom is -0.480 e. The Morgan fingerprint density at radius 3 is 2.38 bits per heavy atom. The molecule has 1 atom stereocenters. The van der Waals surface area contributed by atoms with Gasteiger partial charge in [-0.25, -0.2) is 0 Å². The van der Waals surface area contributed by atoms with Crippen LogP contribution in [0.1, 0.15) is 13.3 Å². The van der Waals surface area contributed by atoms with Crippen molar-refractivity contribution < 1.29 is 14.7 Å². The normalized spacial score (nSPS) is 12.6. The lowest BCUT2D eigenvalue weighted by molar-refractivity contribution is -0.141. The number of carboxylic acid groups (broad SMARTS) is 1. The second-order valence-electron chi connectivity index (χ2n) is 3.18. The minimum atomic E-state index is -1.02. The van der Waals surface area contributed by atoms with Crippen molar-refractivity contribution in [2.45, 2.75) is 19.4 Å². The summed E-state index contributed by atoms with van der Waals surface area (Å²) in [5.74, 6) is -1.25. The average Bonchev–Trinajstić information content (AvgIpc) is 2.00. The average molecular weight is 188 g/mol. The first-order valence-corrected chi connectivity index (χ1v) is 4.10. The van der Waals surface area contributed by atoms with Crippen LogP contribution in [0.5, 0.6) is 0 Å². The first kappa shape index (κ1) is 11.9. The molecule has 5 nitrogen and oxygen atoms in total. The Morgan fingerprint density at radius 1 is 1.46 bits per heavy atom. The first-order chi connectivity index (χ1) is 5.93. The molecule has 0 radical (unpaired) electrons. The van der Waals surface area contributed by atoms with E-state index in [9.17, 15) is 9.59 Å². The molecule has 1 amide bonds. The van der Waals surface area contributed by atoms with Gasteiger partial charge in [0.2, 0.25) is 5.91 Å². The van der Waals surface area contributed by atoms with E-state index in [0.29, 0.717) is 13.0 Å². The fraction of sp³-hybridized carbons (Fsp3) is 0.750. The van der Waals surface area contributed by atoms with Crippen LogP contribution >= 0.6 is 0 Å². The van der Waals surface area contributed by atoms with Crippen LogP contribution in [0.4, 0.5) is 0 Å². The van der Waals surface area contributed by atoms with Gasteiger partial charge in [-0.3, -0.25) is 9.59 Å². The summed E-state index contributed by atoms with van der Waals surface area (Å²) in [5.41, 5.74) is 0. The first-order valence-electron chi connectivity index (χ1n) is 4.10. The van der Waals surface area contributed by atoms with Crippen LogP contribution in [0.2, 0.25) is 0 Å². The third kappa shape index (κ3) is 6.10. The number of carbonyl (C=O) groups excluding carboxylic acids is 1. The Labute approximate surface area is 77.7 Å². The van der Waals surface area contributed by atoms with Crippen molar-refractivity contribution in [1.82, 2.24) is 10.2 Å². The number of carboxylic acids is 1. The smallest absolute Gasteiger partial charge is 0.325 e. The Bertz CT molecular complexity index is 192. The summed E-state index contributed by atoms with van der Waals surface area (Å²) in [7, 11) is 3.71. The molecule has 0 saturated carbocycles. The van der Waals surface area contributed by atoms with Crippen molar-refractivity contribution in [2.75, 3.05) is 20.6 Å². The van der Waals surface area contributed by atoms with E-state index in [0.717, 1.165) is 0 Å². The van der Waals surface area contributed by atoms with Gasteiger partial charge < -0.3 is 15.3 Å². The van der Waals surface area contributed by atoms with E-state index in [1.165, 1.54) is 6.92 Å². The number of nitrogens with one attached hydrogen (secondary N) is 1. The number of amides is 1. The summed E-state index contributed by atoms with van der Waals surface area (Å²) in [5, 5.41) is 10.9. The van der Waals surface area contributed by atoms with Crippen molar-refractivity contribution in [3.05, 3.63) is 0 Å². The molecule has 0 aliphatic heterocycles. The molecule has 0 aromatic carbocycles. The maximum Gasteiger partial charge on any atom is 0.325 e. The molecule has 0 saturated heterocycles. The van der Waals surface area contributed by atoms with Crippen LogP contribution in [0.15, 0.2) is 0 Å². The van der Waals surface area contributed by atoms with Crippen LogP contribution in [0.3, 0.4) is 0 Å². The van der Waals surface area contributed by atoms with Crippen molar-refractivity contribution in [2.24, 2.45) is 0 Å². The van der Waals surface area contributed by atoms with Gasteiger partial charge in [-0.05, 0) is 21.0 Å². The Balaban J connectivity index is 3.68. The third-order valence-electron chi connectivity index (χ3n) is 1.53. The summed E-state index contributed by atoms with van der Waals surface area (Å²) in [6, 6.07) is -0.810. The van der Waals surface area contributed by atoms with Crippen molar-refractivity contribution in [1.29, 1.82) is 0 Å². The van der Waals surface area contributed by atoms with Gasteiger partial charge in [0.1, 0.15) is 6.04 Å². The molecule has 0 aromatic heterocycles. The van der Waals surface area contributed by atoms with Crippen LogP contribution in [0.25, 0.3) is 0 Å². The lowest BCUT2D eigenvalue weighted by Gasteiger charge is -2.11. The van der Waals surface area contributed by atoms with E-state index < -0.39 is 12.0 Å². The molecule has 5 heteroatoms. The molecule has 2 N–H and O–H groups in total. The van der Waals surface area contributed by atoms with Crippen LogP contribution in [-0.4, -0.2) is 48.6 Å². The highest BCUT2D eigenvalue weighted by Gasteiger charge is 2.13. The Kier molecular flexibility index (Phi) is 5.06. The molecule has 1 unspecified atom stereocenters. The van der Waals surface area contributed by atoms with Crippen LogP contribution in [-0.2, 0) is 9.59 Å². The van der Waals surface area contributed by atoms with Gasteiger partial charge in [0.05, 0.1) is 0 Å². The highest BCUT2D eigenvalue weighted by Crippen LogP contribution is 1.87. The van der Waals surface area contributed by atoms with Gasteiger partial charge >= 0.3 is 5.97 Å². The lowest BCUT2D eigenvalue weighted by atomic mass is 10.3. The molecule has 0 aromatic rings. The molecule has 0 aliphatic carbocycles. The largest absolute Gasteiger partial charge is 0.480 e. The SMILES string of the molecule is CC(NC(=O)CCN(C)C)C(=O)O. The topological polar surface area (TPSA) is 69.6 Å². The minimum absolute atomic E-state index is 0.233. The molecule has 0 spiro atoms. The van der Waals surface area contributed by atoms with E-state index in [2.05, 4.69) is 5.32 Å². The standard InChI is InChI=1S/C8H16N2O3/c1-6(8(12)13)9-7(11)4-5-10(2)3/h6H,4-5H2,1-3H3,(H,9,11)(H,12,13). The maximum absolute atomic E-state index is 11.1. The van der Waals surface area contributed by atoms with E-state index in [1.54, 1.807) is 0 Å². The van der Waals surface area contributed by atoms with Gasteiger partial charge in [0, 0.05) is 13.0 Å². The highest BCUT2D eigenvalue weighted by molar-refractivity contribution is 5.83. The van der Waals surface area contributed by atoms with Gasteiger partial charge in [-0.15, -0.1) is 0 Å². The molecule has 0 rings (SSSR count). The molecule has 13 heavy (non-hydrogen) atoms. The zero-order valence-electron chi connectivity index (χ0n) is 8.20. The lowest BCUT2D eigenvalue weighted by Crippen LogP contribution is -2.39. The zero-order valence-corrected chi connectivity index (χ0v) is 8.20. The van der Waals surface area contributed by atoms with Gasteiger partial charge in [0.15, 0.2) is 0 Å². The fourth-order valence-corrected chi connectivity index (χ4v) is 0.701. The van der Waals surface area contributed by atoms with E-state index in [4.69, 9.17) is 5.11 Å². The number of carbonyl (C=O) groups is 2. The maximum atomic E-state index is 11.1. The molecule has 0 aliphatic rings. The zero-order chi connectivity index (χ0) is 10.4. The molecule has 0 bridgehead atoms. The van der Waals surface area contributed by atoms with Crippen LogP contribution < -0.4 is 5.32 Å². The highest BCUT2D eigenvalue weighted by atomic mass is 16.4. The van der Waals surface area contributed by atoms with E-state index in [-0.39, 0.29) is 5.91 Å². The molecular formula is C8H16N2O3. The number of rotatable bonds is 5.